The third-order valence-corrected chi connectivity index (χ3v) is 2.99. The fourth-order valence-electron chi connectivity index (χ4n) is 0.962. The second kappa shape index (κ2) is 4.67. The van der Waals surface area contributed by atoms with Gasteiger partial charge in [0.25, 0.3) is 9.05 Å². The number of hydrogen-bond donors (Lipinski definition) is 1. The standard InChI is InChI=1S/C8H7ClFNO4S/c1-15-8(12)11-6-3-2-5(10)4-7(6)16(9,13)14/h2-4H,1H3,(H,11,12). The van der Waals surface area contributed by atoms with Crippen molar-refractivity contribution in [1.82, 2.24) is 0 Å². The summed E-state index contributed by atoms with van der Waals surface area (Å²) in [6, 6.07) is 2.76. The van der Waals surface area contributed by atoms with Crippen LogP contribution in [0.1, 0.15) is 0 Å². The Labute approximate surface area is 95.6 Å². The van der Waals surface area contributed by atoms with Gasteiger partial charge in [-0.15, -0.1) is 0 Å². The molecule has 1 aromatic carbocycles. The van der Waals surface area contributed by atoms with Crippen LogP contribution in [-0.4, -0.2) is 21.6 Å². The number of anilines is 1. The molecule has 1 amide bonds. The van der Waals surface area contributed by atoms with E-state index in [-0.39, 0.29) is 5.69 Å². The number of carbonyl (C=O) groups is 1. The van der Waals surface area contributed by atoms with Crippen molar-refractivity contribution >= 4 is 31.5 Å². The Morgan fingerprint density at radius 2 is 2.12 bits per heavy atom. The van der Waals surface area contributed by atoms with E-state index in [0.29, 0.717) is 6.07 Å². The van der Waals surface area contributed by atoms with E-state index < -0.39 is 25.9 Å². The normalized spacial score (nSPS) is 10.9. The van der Waals surface area contributed by atoms with Gasteiger partial charge in [0.15, 0.2) is 0 Å². The van der Waals surface area contributed by atoms with Crippen molar-refractivity contribution in [2.45, 2.75) is 4.90 Å². The van der Waals surface area contributed by atoms with Gasteiger partial charge in [0, 0.05) is 10.7 Å². The minimum Gasteiger partial charge on any atom is -0.453 e. The van der Waals surface area contributed by atoms with Gasteiger partial charge < -0.3 is 4.74 Å². The summed E-state index contributed by atoms with van der Waals surface area (Å²) in [7, 11) is 2.03. The van der Waals surface area contributed by atoms with Crippen molar-refractivity contribution in [3.63, 3.8) is 0 Å². The second-order valence-corrected chi connectivity index (χ2v) is 5.23. The van der Waals surface area contributed by atoms with E-state index in [1.165, 1.54) is 0 Å². The van der Waals surface area contributed by atoms with Crippen LogP contribution < -0.4 is 5.32 Å². The largest absolute Gasteiger partial charge is 0.453 e. The van der Waals surface area contributed by atoms with E-state index in [1.54, 1.807) is 0 Å². The quantitative estimate of drug-likeness (QED) is 0.831. The Morgan fingerprint density at radius 1 is 1.50 bits per heavy atom. The number of nitrogens with one attached hydrogen (secondary N) is 1. The molecule has 0 fully saturated rings. The molecular weight excluding hydrogens is 261 g/mol. The highest BCUT2D eigenvalue weighted by molar-refractivity contribution is 8.13. The molecule has 0 heterocycles. The molecule has 8 heteroatoms. The van der Waals surface area contributed by atoms with Gasteiger partial charge in [-0.3, -0.25) is 5.32 Å². The van der Waals surface area contributed by atoms with Gasteiger partial charge in [-0.05, 0) is 18.2 Å². The highest BCUT2D eigenvalue weighted by atomic mass is 35.7. The SMILES string of the molecule is COC(=O)Nc1ccc(F)cc1S(=O)(=O)Cl. The average molecular weight is 268 g/mol. The number of methoxy groups -OCH3 is 1. The molecule has 16 heavy (non-hydrogen) atoms. The van der Waals surface area contributed by atoms with E-state index in [4.69, 9.17) is 10.7 Å². The average Bonchev–Trinajstić information content (AvgIpc) is 2.19. The summed E-state index contributed by atoms with van der Waals surface area (Å²) in [5, 5.41) is 2.10. The molecule has 1 N–H and O–H groups in total. The number of hydrogen-bond acceptors (Lipinski definition) is 4. The Morgan fingerprint density at radius 3 is 2.62 bits per heavy atom. The fourth-order valence-corrected chi connectivity index (χ4v) is 1.98. The third kappa shape index (κ3) is 3.07. The predicted octanol–water partition coefficient (Wildman–Crippen LogP) is 1.93. The molecule has 0 aromatic heterocycles. The zero-order valence-corrected chi connectivity index (χ0v) is 9.60. The summed E-state index contributed by atoms with van der Waals surface area (Å²) in [6.07, 6.45) is -0.881. The van der Waals surface area contributed by atoms with Crippen LogP contribution in [-0.2, 0) is 13.8 Å². The van der Waals surface area contributed by atoms with Crippen molar-refractivity contribution in [2.24, 2.45) is 0 Å². The smallest absolute Gasteiger partial charge is 0.411 e. The Hall–Kier alpha value is -1.34. The first kappa shape index (κ1) is 12.7. The molecule has 88 valence electrons. The van der Waals surface area contributed by atoms with Gasteiger partial charge in [0.1, 0.15) is 10.7 Å². The zero-order valence-electron chi connectivity index (χ0n) is 8.03. The minimum atomic E-state index is -4.15. The first-order valence-electron chi connectivity index (χ1n) is 3.94. The molecule has 0 bridgehead atoms. The number of amides is 1. The van der Waals surface area contributed by atoms with Gasteiger partial charge in [0.05, 0.1) is 12.8 Å². The van der Waals surface area contributed by atoms with Crippen LogP contribution in [0.15, 0.2) is 23.1 Å². The molecule has 0 aliphatic carbocycles. The van der Waals surface area contributed by atoms with Gasteiger partial charge in [-0.2, -0.15) is 0 Å². The third-order valence-electron chi connectivity index (χ3n) is 1.63. The lowest BCUT2D eigenvalue weighted by molar-refractivity contribution is 0.187. The molecule has 0 atom stereocenters. The Kier molecular flexibility index (Phi) is 3.71. The molecule has 0 saturated carbocycles. The van der Waals surface area contributed by atoms with Gasteiger partial charge in [0.2, 0.25) is 0 Å². The van der Waals surface area contributed by atoms with Gasteiger partial charge >= 0.3 is 6.09 Å². The lowest BCUT2D eigenvalue weighted by atomic mass is 10.3. The maximum Gasteiger partial charge on any atom is 0.411 e. The Bertz CT molecular complexity index is 517. The summed E-state index contributed by atoms with van der Waals surface area (Å²) in [4.78, 5) is 10.4. The summed E-state index contributed by atoms with van der Waals surface area (Å²) < 4.78 is 39.3. The first-order valence-corrected chi connectivity index (χ1v) is 6.24. The second-order valence-electron chi connectivity index (χ2n) is 2.69. The van der Waals surface area contributed by atoms with Crippen LogP contribution >= 0.6 is 10.7 Å². The van der Waals surface area contributed by atoms with E-state index >= 15 is 0 Å². The number of halogens is 2. The number of rotatable bonds is 2. The van der Waals surface area contributed by atoms with Crippen LogP contribution in [0.5, 0.6) is 0 Å². The molecule has 1 rings (SSSR count). The van der Waals surface area contributed by atoms with Gasteiger partial charge in [-0.25, -0.2) is 17.6 Å². The molecular formula is C8H7ClFNO4S. The molecule has 0 aliphatic rings. The summed E-state index contributed by atoms with van der Waals surface area (Å²) in [5.41, 5.74) is -0.150. The summed E-state index contributed by atoms with van der Waals surface area (Å²) >= 11 is 0. The topological polar surface area (TPSA) is 72.5 Å². The molecule has 1 aromatic rings. The summed E-state index contributed by atoms with van der Waals surface area (Å²) in [6.45, 7) is 0. The van der Waals surface area contributed by atoms with Crippen LogP contribution in [0.3, 0.4) is 0 Å². The van der Waals surface area contributed by atoms with Crippen molar-refractivity contribution in [2.75, 3.05) is 12.4 Å². The number of benzene rings is 1. The first-order chi connectivity index (χ1) is 7.34. The minimum absolute atomic E-state index is 0.150. The van der Waals surface area contributed by atoms with E-state index in [9.17, 15) is 17.6 Å². The van der Waals surface area contributed by atoms with E-state index in [0.717, 1.165) is 19.2 Å². The lowest BCUT2D eigenvalue weighted by Gasteiger charge is -2.07. The summed E-state index contributed by atoms with van der Waals surface area (Å²) in [5.74, 6) is -0.783. The van der Waals surface area contributed by atoms with Gasteiger partial charge in [-0.1, -0.05) is 0 Å². The fraction of sp³-hybridized carbons (Fsp3) is 0.125. The van der Waals surface area contributed by atoms with Crippen molar-refractivity contribution in [3.8, 4) is 0 Å². The monoisotopic (exact) mass is 267 g/mol. The number of ether oxygens (including phenoxy) is 1. The predicted molar refractivity (Wildman–Crippen MR) is 55.5 cm³/mol. The molecule has 0 saturated heterocycles. The lowest BCUT2D eigenvalue weighted by Crippen LogP contribution is -2.13. The molecule has 0 radical (unpaired) electrons. The molecule has 0 aliphatic heterocycles. The van der Waals surface area contributed by atoms with E-state index in [2.05, 4.69) is 10.1 Å². The molecule has 5 nitrogen and oxygen atoms in total. The van der Waals surface area contributed by atoms with Crippen LogP contribution in [0.2, 0.25) is 0 Å². The van der Waals surface area contributed by atoms with E-state index in [1.807, 2.05) is 0 Å². The molecule has 0 unspecified atom stereocenters. The molecule has 0 spiro atoms. The Balaban J connectivity index is 3.24. The van der Waals surface area contributed by atoms with Crippen LogP contribution in [0.4, 0.5) is 14.9 Å². The van der Waals surface area contributed by atoms with Crippen LogP contribution in [0.25, 0.3) is 0 Å². The van der Waals surface area contributed by atoms with Crippen LogP contribution in [0, 0.1) is 5.82 Å². The van der Waals surface area contributed by atoms with Crippen molar-refractivity contribution < 1.29 is 22.3 Å². The van der Waals surface area contributed by atoms with Crippen molar-refractivity contribution in [1.29, 1.82) is 0 Å². The highest BCUT2D eigenvalue weighted by Gasteiger charge is 2.18. The maximum absolute atomic E-state index is 12.8. The van der Waals surface area contributed by atoms with Crippen molar-refractivity contribution in [3.05, 3.63) is 24.0 Å². The maximum atomic E-state index is 12.8. The zero-order chi connectivity index (χ0) is 12.3. The number of carbonyl (C=O) groups excluding carboxylic acids is 1. The highest BCUT2D eigenvalue weighted by Crippen LogP contribution is 2.25.